The maximum Gasteiger partial charge on any atom is 0.326 e. The smallest absolute Gasteiger partial charge is 0.326 e. The number of nitrogens with zero attached hydrogens (tertiary/aromatic N) is 1. The van der Waals surface area contributed by atoms with Crippen LogP contribution in [0, 0.1) is 0 Å². The van der Waals surface area contributed by atoms with Crippen LogP contribution in [-0.2, 0) is 36.8 Å². The summed E-state index contributed by atoms with van der Waals surface area (Å²) in [4.78, 5) is 67.3. The summed E-state index contributed by atoms with van der Waals surface area (Å²) < 4.78 is 0. The molecule has 200 valence electrons. The van der Waals surface area contributed by atoms with E-state index in [9.17, 15) is 34.2 Å². The van der Waals surface area contributed by atoms with Crippen LogP contribution >= 0.6 is 0 Å². The molecule has 2 rings (SSSR count). The maximum atomic E-state index is 12.8. The van der Waals surface area contributed by atoms with Crippen molar-refractivity contribution in [2.45, 2.75) is 49.9 Å². The standard InChI is InChI=1S/C23H30N6O8/c24-15(9-14-10-25-12-26-14)20(33)27-16(6-7-19(31)32)21(34)29-18(11-30)22(35)28-17(23(36)37)8-13-4-2-1-3-5-13/h1-5,10,12,15-18,30H,6-9,11,24H2,(H,25,26)(H,27,33)(H,28,35)(H,29,34)(H,31,32)(H,36,37). The number of aromatic amines is 1. The predicted octanol–water partition coefficient (Wildman–Crippen LogP) is -2.08. The van der Waals surface area contributed by atoms with Crippen LogP contribution in [0.4, 0.5) is 0 Å². The number of carbonyl (C=O) groups excluding carboxylic acids is 3. The number of benzene rings is 1. The fourth-order valence-electron chi connectivity index (χ4n) is 3.33. The summed E-state index contributed by atoms with van der Waals surface area (Å²) in [5, 5.41) is 35.0. The molecule has 9 N–H and O–H groups in total. The SMILES string of the molecule is NC(Cc1cnc[nH]1)C(=O)NC(CCC(=O)O)C(=O)NC(CO)C(=O)NC(Cc1ccccc1)C(=O)O. The van der Waals surface area contributed by atoms with E-state index in [1.807, 2.05) is 0 Å². The van der Waals surface area contributed by atoms with E-state index in [2.05, 4.69) is 25.9 Å². The van der Waals surface area contributed by atoms with Crippen LogP contribution in [-0.4, -0.2) is 85.7 Å². The molecule has 1 aromatic heterocycles. The lowest BCUT2D eigenvalue weighted by Crippen LogP contribution is -2.58. The summed E-state index contributed by atoms with van der Waals surface area (Å²) in [7, 11) is 0. The molecule has 14 heteroatoms. The Kier molecular flexibility index (Phi) is 11.2. The van der Waals surface area contributed by atoms with Crippen LogP contribution < -0.4 is 21.7 Å². The van der Waals surface area contributed by atoms with Crippen LogP contribution in [0.3, 0.4) is 0 Å². The number of carbonyl (C=O) groups is 5. The summed E-state index contributed by atoms with van der Waals surface area (Å²) >= 11 is 0. The van der Waals surface area contributed by atoms with Gasteiger partial charge in [0.1, 0.15) is 18.1 Å². The van der Waals surface area contributed by atoms with Gasteiger partial charge in [-0.05, 0) is 12.0 Å². The highest BCUT2D eigenvalue weighted by Crippen LogP contribution is 2.05. The first kappa shape index (κ1) is 28.9. The summed E-state index contributed by atoms with van der Waals surface area (Å²) in [6.45, 7) is -0.881. The third-order valence-electron chi connectivity index (χ3n) is 5.32. The number of aliphatic hydroxyl groups excluding tert-OH is 1. The Morgan fingerprint density at radius 3 is 2.08 bits per heavy atom. The number of aliphatic carboxylic acids is 2. The van der Waals surface area contributed by atoms with Crippen molar-refractivity contribution >= 4 is 29.7 Å². The highest BCUT2D eigenvalue weighted by molar-refractivity contribution is 5.94. The van der Waals surface area contributed by atoms with Gasteiger partial charge in [0, 0.05) is 31.2 Å². The average Bonchev–Trinajstić information content (AvgIpc) is 3.37. The van der Waals surface area contributed by atoms with Crippen LogP contribution in [0.1, 0.15) is 24.1 Å². The molecule has 0 spiro atoms. The van der Waals surface area contributed by atoms with Crippen LogP contribution in [0.25, 0.3) is 0 Å². The Morgan fingerprint density at radius 2 is 1.51 bits per heavy atom. The van der Waals surface area contributed by atoms with Gasteiger partial charge in [-0.2, -0.15) is 0 Å². The highest BCUT2D eigenvalue weighted by atomic mass is 16.4. The number of hydrogen-bond acceptors (Lipinski definition) is 8. The van der Waals surface area contributed by atoms with Gasteiger partial charge >= 0.3 is 11.9 Å². The molecule has 1 heterocycles. The zero-order valence-electron chi connectivity index (χ0n) is 19.8. The van der Waals surface area contributed by atoms with E-state index >= 15 is 0 Å². The van der Waals surface area contributed by atoms with Gasteiger partial charge in [-0.15, -0.1) is 0 Å². The molecular formula is C23H30N6O8. The van der Waals surface area contributed by atoms with E-state index in [0.717, 1.165) is 0 Å². The van der Waals surface area contributed by atoms with Crippen molar-refractivity contribution in [3.63, 3.8) is 0 Å². The first-order valence-electron chi connectivity index (χ1n) is 11.3. The molecule has 0 aliphatic rings. The normalized spacial score (nSPS) is 14.0. The minimum atomic E-state index is -1.56. The van der Waals surface area contributed by atoms with Crippen molar-refractivity contribution in [1.82, 2.24) is 25.9 Å². The molecule has 0 fully saturated rings. The fraction of sp³-hybridized carbons (Fsp3) is 0.391. The second-order valence-electron chi connectivity index (χ2n) is 8.21. The number of aliphatic hydroxyl groups is 1. The minimum Gasteiger partial charge on any atom is -0.481 e. The molecular weight excluding hydrogens is 488 g/mol. The van der Waals surface area contributed by atoms with E-state index < -0.39 is 66.9 Å². The second-order valence-corrected chi connectivity index (χ2v) is 8.21. The Morgan fingerprint density at radius 1 is 0.892 bits per heavy atom. The quantitative estimate of drug-likeness (QED) is 0.128. The third-order valence-corrected chi connectivity index (χ3v) is 5.32. The molecule has 0 bridgehead atoms. The largest absolute Gasteiger partial charge is 0.481 e. The minimum absolute atomic E-state index is 0.0421. The number of hydrogen-bond donors (Lipinski definition) is 8. The molecule has 4 unspecified atom stereocenters. The molecule has 0 saturated carbocycles. The van der Waals surface area contributed by atoms with Gasteiger partial charge in [0.15, 0.2) is 0 Å². The zero-order chi connectivity index (χ0) is 27.4. The number of carboxylic acids is 2. The molecule has 0 radical (unpaired) electrons. The van der Waals surface area contributed by atoms with Gasteiger partial charge in [-0.1, -0.05) is 30.3 Å². The number of imidazole rings is 1. The summed E-state index contributed by atoms with van der Waals surface area (Å²) in [5.74, 6) is -5.22. The average molecular weight is 519 g/mol. The maximum absolute atomic E-state index is 12.8. The Labute approximate surface area is 211 Å². The fourth-order valence-corrected chi connectivity index (χ4v) is 3.33. The number of nitrogens with two attached hydrogens (primary N) is 1. The topological polar surface area (TPSA) is 237 Å². The molecule has 1 aromatic carbocycles. The van der Waals surface area contributed by atoms with Crippen LogP contribution in [0.5, 0.6) is 0 Å². The first-order chi connectivity index (χ1) is 17.6. The van der Waals surface area contributed by atoms with Gasteiger partial charge in [0.05, 0.1) is 19.0 Å². The summed E-state index contributed by atoms with van der Waals surface area (Å²) in [6.07, 6.45) is 2.09. The number of carboxylic acid groups (broad SMARTS) is 2. The lowest BCUT2D eigenvalue weighted by atomic mass is 10.1. The van der Waals surface area contributed by atoms with Crippen molar-refractivity contribution < 1.29 is 39.3 Å². The molecule has 0 saturated heterocycles. The monoisotopic (exact) mass is 518 g/mol. The molecule has 0 aliphatic heterocycles. The number of rotatable bonds is 15. The highest BCUT2D eigenvalue weighted by Gasteiger charge is 2.30. The van der Waals surface area contributed by atoms with Gasteiger partial charge in [0.25, 0.3) is 0 Å². The summed E-state index contributed by atoms with van der Waals surface area (Å²) in [5.41, 5.74) is 7.07. The predicted molar refractivity (Wildman–Crippen MR) is 128 cm³/mol. The van der Waals surface area contributed by atoms with Gasteiger partial charge in [0.2, 0.25) is 17.7 Å². The molecule has 2 aromatic rings. The van der Waals surface area contributed by atoms with E-state index in [0.29, 0.717) is 11.3 Å². The van der Waals surface area contributed by atoms with Crippen LogP contribution in [0.2, 0.25) is 0 Å². The summed E-state index contributed by atoms with van der Waals surface area (Å²) in [6, 6.07) is 3.14. The number of H-pyrrole nitrogens is 1. The van der Waals surface area contributed by atoms with Crippen molar-refractivity contribution in [1.29, 1.82) is 0 Å². The molecule has 14 nitrogen and oxygen atoms in total. The van der Waals surface area contributed by atoms with Crippen molar-refractivity contribution in [3.8, 4) is 0 Å². The van der Waals surface area contributed by atoms with Crippen molar-refractivity contribution in [3.05, 3.63) is 54.1 Å². The molecule has 3 amide bonds. The van der Waals surface area contributed by atoms with Crippen molar-refractivity contribution in [2.75, 3.05) is 6.61 Å². The van der Waals surface area contributed by atoms with Crippen LogP contribution in [0.15, 0.2) is 42.9 Å². The lowest BCUT2D eigenvalue weighted by Gasteiger charge is -2.24. The van der Waals surface area contributed by atoms with E-state index in [-0.39, 0.29) is 19.3 Å². The number of aromatic nitrogens is 2. The first-order valence-corrected chi connectivity index (χ1v) is 11.3. The van der Waals surface area contributed by atoms with E-state index in [1.165, 1.54) is 12.5 Å². The van der Waals surface area contributed by atoms with Gasteiger partial charge in [-0.3, -0.25) is 19.2 Å². The van der Waals surface area contributed by atoms with Gasteiger partial charge < -0.3 is 42.0 Å². The lowest BCUT2D eigenvalue weighted by molar-refractivity contribution is -0.142. The molecule has 37 heavy (non-hydrogen) atoms. The second kappa shape index (κ2) is 14.3. The molecule has 4 atom stereocenters. The van der Waals surface area contributed by atoms with E-state index in [1.54, 1.807) is 30.3 Å². The third kappa shape index (κ3) is 9.70. The number of nitrogens with one attached hydrogen (secondary N) is 4. The Hall–Kier alpha value is -4.30. The zero-order valence-corrected chi connectivity index (χ0v) is 19.8. The Balaban J connectivity index is 2.05. The molecule has 0 aliphatic carbocycles. The van der Waals surface area contributed by atoms with Crippen molar-refractivity contribution in [2.24, 2.45) is 5.73 Å². The number of amides is 3. The van der Waals surface area contributed by atoms with Gasteiger partial charge in [-0.25, -0.2) is 9.78 Å². The Bertz CT molecular complexity index is 1060. The van der Waals surface area contributed by atoms with E-state index in [4.69, 9.17) is 10.8 Å².